The Morgan fingerprint density at radius 1 is 1.37 bits per heavy atom. The molecule has 1 aromatic rings. The second-order valence-electron chi connectivity index (χ2n) is 4.63. The summed E-state index contributed by atoms with van der Waals surface area (Å²) >= 11 is 0. The number of amides is 1. The van der Waals surface area contributed by atoms with Gasteiger partial charge in [-0.3, -0.25) is 4.79 Å². The summed E-state index contributed by atoms with van der Waals surface area (Å²) in [5.41, 5.74) is 6.53. The fraction of sp³-hybridized carbons (Fsp3) is 0.385. The topological polar surface area (TPSA) is 104 Å². The number of nitrogen functional groups attached to an aromatic ring is 1. The standard InChI is InChI=1S/C13H17N3O3/c14-8-1-4-11(10(7-8)13(18)19)15-6-5-12(17)16-9-2-3-9/h1,4,7,9,15H,2-3,5-6,14H2,(H,16,17)(H,18,19). The van der Waals surface area contributed by atoms with E-state index in [-0.39, 0.29) is 11.5 Å². The summed E-state index contributed by atoms with van der Waals surface area (Å²) in [7, 11) is 0. The van der Waals surface area contributed by atoms with Crippen LogP contribution >= 0.6 is 0 Å². The first-order valence-corrected chi connectivity index (χ1v) is 6.22. The monoisotopic (exact) mass is 263 g/mol. The number of benzene rings is 1. The number of hydrogen-bond acceptors (Lipinski definition) is 4. The Kier molecular flexibility index (Phi) is 3.89. The van der Waals surface area contributed by atoms with E-state index in [4.69, 9.17) is 10.8 Å². The molecule has 0 unspecified atom stereocenters. The molecule has 1 saturated carbocycles. The van der Waals surface area contributed by atoms with Crippen molar-refractivity contribution >= 4 is 23.3 Å². The lowest BCUT2D eigenvalue weighted by Crippen LogP contribution is -2.27. The third-order valence-corrected chi connectivity index (χ3v) is 2.88. The predicted molar refractivity (Wildman–Crippen MR) is 72.1 cm³/mol. The third-order valence-electron chi connectivity index (χ3n) is 2.88. The SMILES string of the molecule is Nc1ccc(NCCC(=O)NC2CC2)c(C(=O)O)c1. The maximum atomic E-state index is 11.5. The minimum atomic E-state index is -1.04. The Morgan fingerprint density at radius 3 is 2.74 bits per heavy atom. The van der Waals surface area contributed by atoms with Gasteiger partial charge in [0, 0.05) is 30.4 Å². The lowest BCUT2D eigenvalue weighted by molar-refractivity contribution is -0.120. The van der Waals surface area contributed by atoms with E-state index in [0.29, 0.717) is 30.4 Å². The summed E-state index contributed by atoms with van der Waals surface area (Å²) in [5, 5.41) is 14.9. The van der Waals surface area contributed by atoms with Crippen molar-refractivity contribution in [2.75, 3.05) is 17.6 Å². The fourth-order valence-corrected chi connectivity index (χ4v) is 1.73. The van der Waals surface area contributed by atoms with E-state index in [1.165, 1.54) is 6.07 Å². The number of rotatable bonds is 6. The molecule has 0 radical (unpaired) electrons. The molecule has 0 spiro atoms. The van der Waals surface area contributed by atoms with Crippen LogP contribution in [0.4, 0.5) is 11.4 Å². The van der Waals surface area contributed by atoms with Crippen molar-refractivity contribution in [3.8, 4) is 0 Å². The van der Waals surface area contributed by atoms with Crippen LogP contribution in [0.25, 0.3) is 0 Å². The van der Waals surface area contributed by atoms with Gasteiger partial charge in [0.2, 0.25) is 5.91 Å². The van der Waals surface area contributed by atoms with Gasteiger partial charge >= 0.3 is 5.97 Å². The van der Waals surface area contributed by atoms with Gasteiger partial charge in [-0.1, -0.05) is 0 Å². The van der Waals surface area contributed by atoms with Gasteiger partial charge < -0.3 is 21.5 Å². The number of carbonyl (C=O) groups excluding carboxylic acids is 1. The van der Waals surface area contributed by atoms with Gasteiger partial charge in [0.05, 0.1) is 5.56 Å². The highest BCUT2D eigenvalue weighted by molar-refractivity contribution is 5.95. The number of aromatic carboxylic acids is 1. The van der Waals surface area contributed by atoms with Gasteiger partial charge in [-0.15, -0.1) is 0 Å². The molecular weight excluding hydrogens is 246 g/mol. The van der Waals surface area contributed by atoms with Crippen LogP contribution in [0, 0.1) is 0 Å². The molecule has 5 N–H and O–H groups in total. The van der Waals surface area contributed by atoms with E-state index in [2.05, 4.69) is 10.6 Å². The minimum absolute atomic E-state index is 0.0117. The molecule has 0 aromatic heterocycles. The largest absolute Gasteiger partial charge is 0.478 e. The van der Waals surface area contributed by atoms with E-state index >= 15 is 0 Å². The second-order valence-corrected chi connectivity index (χ2v) is 4.63. The van der Waals surface area contributed by atoms with Crippen LogP contribution in [0.1, 0.15) is 29.6 Å². The Morgan fingerprint density at radius 2 is 2.11 bits per heavy atom. The third kappa shape index (κ3) is 3.87. The predicted octanol–water partition coefficient (Wildman–Crippen LogP) is 1.05. The zero-order valence-corrected chi connectivity index (χ0v) is 10.5. The molecule has 1 amide bonds. The fourth-order valence-electron chi connectivity index (χ4n) is 1.73. The van der Waals surface area contributed by atoms with Crippen LogP contribution in [0.2, 0.25) is 0 Å². The number of carboxylic acids is 1. The Hall–Kier alpha value is -2.24. The molecule has 6 nitrogen and oxygen atoms in total. The van der Waals surface area contributed by atoms with Crippen LogP contribution in [-0.2, 0) is 4.79 Å². The summed E-state index contributed by atoms with van der Waals surface area (Å²) in [5.74, 6) is -1.06. The molecule has 0 heterocycles. The highest BCUT2D eigenvalue weighted by atomic mass is 16.4. The molecule has 0 saturated heterocycles. The Bertz CT molecular complexity index is 498. The van der Waals surface area contributed by atoms with E-state index in [1.54, 1.807) is 12.1 Å². The molecule has 19 heavy (non-hydrogen) atoms. The van der Waals surface area contributed by atoms with Gasteiger partial charge in [0.1, 0.15) is 0 Å². The van der Waals surface area contributed by atoms with Crippen molar-refractivity contribution in [3.05, 3.63) is 23.8 Å². The average molecular weight is 263 g/mol. The number of nitrogens with two attached hydrogens (primary N) is 1. The smallest absolute Gasteiger partial charge is 0.337 e. The number of carboxylic acid groups (broad SMARTS) is 1. The van der Waals surface area contributed by atoms with E-state index < -0.39 is 5.97 Å². The molecule has 1 aliphatic carbocycles. The quantitative estimate of drug-likeness (QED) is 0.574. The molecule has 1 aromatic carbocycles. The van der Waals surface area contributed by atoms with Crippen molar-refractivity contribution < 1.29 is 14.7 Å². The van der Waals surface area contributed by atoms with E-state index in [9.17, 15) is 9.59 Å². The van der Waals surface area contributed by atoms with Crippen LogP contribution in [0.3, 0.4) is 0 Å². The van der Waals surface area contributed by atoms with Crippen molar-refractivity contribution in [1.82, 2.24) is 5.32 Å². The molecule has 1 aliphatic rings. The highest BCUT2D eigenvalue weighted by Crippen LogP contribution is 2.20. The molecule has 2 rings (SSSR count). The Balaban J connectivity index is 1.87. The summed E-state index contributed by atoms with van der Waals surface area (Å²) in [4.78, 5) is 22.5. The summed E-state index contributed by atoms with van der Waals surface area (Å²) < 4.78 is 0. The van der Waals surface area contributed by atoms with Gasteiger partial charge in [-0.2, -0.15) is 0 Å². The number of hydrogen-bond donors (Lipinski definition) is 4. The van der Waals surface area contributed by atoms with Gasteiger partial charge in [-0.05, 0) is 31.0 Å². The van der Waals surface area contributed by atoms with Crippen molar-refractivity contribution in [2.45, 2.75) is 25.3 Å². The zero-order valence-electron chi connectivity index (χ0n) is 10.5. The summed E-state index contributed by atoms with van der Waals surface area (Å²) in [6, 6.07) is 4.98. The number of anilines is 2. The molecular formula is C13H17N3O3. The van der Waals surface area contributed by atoms with Crippen LogP contribution in [0.5, 0.6) is 0 Å². The highest BCUT2D eigenvalue weighted by Gasteiger charge is 2.22. The molecule has 1 fully saturated rings. The first-order valence-electron chi connectivity index (χ1n) is 6.22. The van der Waals surface area contributed by atoms with Gasteiger partial charge in [0.15, 0.2) is 0 Å². The summed E-state index contributed by atoms with van der Waals surface area (Å²) in [6.45, 7) is 0.392. The first kappa shape index (κ1) is 13.2. The maximum absolute atomic E-state index is 11.5. The van der Waals surface area contributed by atoms with E-state index in [0.717, 1.165) is 12.8 Å². The van der Waals surface area contributed by atoms with Crippen molar-refractivity contribution in [3.63, 3.8) is 0 Å². The van der Waals surface area contributed by atoms with Gasteiger partial charge in [0.25, 0.3) is 0 Å². The van der Waals surface area contributed by atoms with Crippen molar-refractivity contribution in [2.24, 2.45) is 0 Å². The maximum Gasteiger partial charge on any atom is 0.337 e. The normalized spacial score (nSPS) is 13.9. The second kappa shape index (κ2) is 5.60. The number of nitrogens with one attached hydrogen (secondary N) is 2. The lowest BCUT2D eigenvalue weighted by Gasteiger charge is -2.10. The van der Waals surface area contributed by atoms with Crippen molar-refractivity contribution in [1.29, 1.82) is 0 Å². The zero-order chi connectivity index (χ0) is 13.8. The van der Waals surface area contributed by atoms with Gasteiger partial charge in [-0.25, -0.2) is 4.79 Å². The molecule has 102 valence electrons. The van der Waals surface area contributed by atoms with Crippen LogP contribution in [-0.4, -0.2) is 29.6 Å². The van der Waals surface area contributed by atoms with Crippen LogP contribution in [0.15, 0.2) is 18.2 Å². The minimum Gasteiger partial charge on any atom is -0.478 e. The van der Waals surface area contributed by atoms with Crippen LogP contribution < -0.4 is 16.4 Å². The lowest BCUT2D eigenvalue weighted by atomic mass is 10.1. The molecule has 0 atom stereocenters. The average Bonchev–Trinajstić information content (AvgIpc) is 3.14. The first-order chi connectivity index (χ1) is 9.06. The molecule has 0 bridgehead atoms. The Labute approximate surface area is 111 Å². The molecule has 6 heteroatoms. The molecule has 0 aliphatic heterocycles. The van der Waals surface area contributed by atoms with E-state index in [1.807, 2.05) is 0 Å². The summed E-state index contributed by atoms with van der Waals surface area (Å²) in [6.07, 6.45) is 2.43. The number of carbonyl (C=O) groups is 2.